The van der Waals surface area contributed by atoms with E-state index in [1.807, 2.05) is 17.5 Å². The Morgan fingerprint density at radius 3 is 2.34 bits per heavy atom. The van der Waals surface area contributed by atoms with Crippen LogP contribution in [0.15, 0.2) is 78.1 Å². The molecule has 0 bridgehead atoms. The summed E-state index contributed by atoms with van der Waals surface area (Å²) < 4.78 is 26.6. The first kappa shape index (κ1) is 22.7. The summed E-state index contributed by atoms with van der Waals surface area (Å²) in [7, 11) is -3.67. The van der Waals surface area contributed by atoms with Gasteiger partial charge >= 0.3 is 0 Å². The molecule has 1 amide bonds. The lowest BCUT2D eigenvalue weighted by Crippen LogP contribution is -2.33. The summed E-state index contributed by atoms with van der Waals surface area (Å²) in [4.78, 5) is 13.0. The fourth-order valence-corrected chi connectivity index (χ4v) is 4.50. The van der Waals surface area contributed by atoms with Crippen LogP contribution in [0.4, 0.5) is 5.69 Å². The normalized spacial score (nSPS) is 11.3. The molecule has 0 saturated carbocycles. The van der Waals surface area contributed by atoms with E-state index >= 15 is 0 Å². The number of nitrogens with zero attached hydrogens (tertiary/aromatic N) is 1. The topological polar surface area (TPSA) is 78.5 Å². The van der Waals surface area contributed by atoms with Gasteiger partial charge < -0.3 is 5.32 Å². The minimum absolute atomic E-state index is 0.112. The molecule has 2 aromatic rings. The van der Waals surface area contributed by atoms with E-state index in [1.54, 1.807) is 18.2 Å². The average Bonchev–Trinajstić information content (AvgIpc) is 3.20. The van der Waals surface area contributed by atoms with Crippen LogP contribution in [0.3, 0.4) is 0 Å². The maximum absolute atomic E-state index is 12.7. The van der Waals surface area contributed by atoms with E-state index in [-0.39, 0.29) is 29.0 Å². The Morgan fingerprint density at radius 2 is 1.79 bits per heavy atom. The Bertz CT molecular complexity index is 985. The van der Waals surface area contributed by atoms with Crippen molar-refractivity contribution < 1.29 is 13.2 Å². The molecule has 29 heavy (non-hydrogen) atoms. The maximum atomic E-state index is 12.7. The minimum atomic E-state index is -3.67. The Balaban J connectivity index is 1.98. The lowest BCUT2D eigenvalue weighted by molar-refractivity contribution is -0.115. The van der Waals surface area contributed by atoms with Crippen molar-refractivity contribution in [2.24, 2.45) is 0 Å². The van der Waals surface area contributed by atoms with Gasteiger partial charge in [0.1, 0.15) is 0 Å². The zero-order chi connectivity index (χ0) is 21.3. The lowest BCUT2D eigenvalue weighted by atomic mass is 10.3. The highest BCUT2D eigenvalue weighted by atomic mass is 32.2. The molecule has 152 valence electrons. The number of thiophene rings is 1. The SMILES string of the molecule is C=CCN(CC=C)S(=O)(=O)c1ccc(NC(=S)NC(=O)/C=C\c2cccs2)cc1. The van der Waals surface area contributed by atoms with Gasteiger partial charge in [-0.15, -0.1) is 24.5 Å². The molecule has 0 spiro atoms. The molecule has 1 heterocycles. The van der Waals surface area contributed by atoms with Crippen molar-refractivity contribution in [3.05, 3.63) is 78.0 Å². The summed E-state index contributed by atoms with van der Waals surface area (Å²) in [5, 5.41) is 7.42. The van der Waals surface area contributed by atoms with E-state index < -0.39 is 10.0 Å². The number of nitrogens with one attached hydrogen (secondary N) is 2. The van der Waals surface area contributed by atoms with E-state index in [0.29, 0.717) is 5.69 Å². The molecule has 0 unspecified atom stereocenters. The smallest absolute Gasteiger partial charge is 0.250 e. The fourth-order valence-electron chi connectivity index (χ4n) is 2.28. The number of hydrogen-bond acceptors (Lipinski definition) is 5. The van der Waals surface area contributed by atoms with E-state index in [9.17, 15) is 13.2 Å². The number of carbonyl (C=O) groups excluding carboxylic acids is 1. The number of hydrogen-bond donors (Lipinski definition) is 2. The van der Waals surface area contributed by atoms with Crippen LogP contribution in [0.5, 0.6) is 0 Å². The molecule has 2 N–H and O–H groups in total. The molecule has 0 aliphatic rings. The molecule has 1 aromatic carbocycles. The molecule has 6 nitrogen and oxygen atoms in total. The van der Waals surface area contributed by atoms with E-state index in [4.69, 9.17) is 12.2 Å². The number of carbonyl (C=O) groups is 1. The quantitative estimate of drug-likeness (QED) is 0.349. The number of benzene rings is 1. The molecule has 0 atom stereocenters. The summed E-state index contributed by atoms with van der Waals surface area (Å²) in [5.74, 6) is -0.361. The van der Waals surface area contributed by atoms with Crippen molar-refractivity contribution in [3.8, 4) is 0 Å². The Labute approximate surface area is 180 Å². The predicted molar refractivity (Wildman–Crippen MR) is 123 cm³/mol. The van der Waals surface area contributed by atoms with E-state index in [1.165, 1.54) is 46.0 Å². The van der Waals surface area contributed by atoms with Gasteiger partial charge in [0.2, 0.25) is 15.9 Å². The third-order valence-corrected chi connectivity index (χ3v) is 6.48. The predicted octanol–water partition coefficient (Wildman–Crippen LogP) is 3.64. The first-order valence-electron chi connectivity index (χ1n) is 8.52. The van der Waals surface area contributed by atoms with Crippen LogP contribution in [-0.4, -0.2) is 36.8 Å². The van der Waals surface area contributed by atoms with Crippen LogP contribution < -0.4 is 10.6 Å². The number of amides is 1. The van der Waals surface area contributed by atoms with Crippen LogP contribution in [0, 0.1) is 0 Å². The molecule has 0 radical (unpaired) electrons. The van der Waals surface area contributed by atoms with Gasteiger partial charge in [-0.1, -0.05) is 18.2 Å². The Hall–Kier alpha value is -2.59. The largest absolute Gasteiger partial charge is 0.332 e. The average molecular weight is 448 g/mol. The molecule has 0 fully saturated rings. The first-order chi connectivity index (χ1) is 13.9. The maximum Gasteiger partial charge on any atom is 0.250 e. The minimum Gasteiger partial charge on any atom is -0.332 e. The van der Waals surface area contributed by atoms with Gasteiger partial charge in [0.05, 0.1) is 4.90 Å². The zero-order valence-electron chi connectivity index (χ0n) is 15.6. The number of anilines is 1. The zero-order valence-corrected chi connectivity index (χ0v) is 18.0. The summed E-state index contributed by atoms with van der Waals surface area (Å²) in [5.41, 5.74) is 0.551. The van der Waals surface area contributed by atoms with Crippen LogP contribution in [-0.2, 0) is 14.8 Å². The van der Waals surface area contributed by atoms with E-state index in [2.05, 4.69) is 23.8 Å². The molecule has 1 aromatic heterocycles. The second-order valence-corrected chi connectivity index (χ2v) is 9.04. The van der Waals surface area contributed by atoms with Gasteiger partial charge in [-0.2, -0.15) is 4.31 Å². The van der Waals surface area contributed by atoms with Crippen molar-refractivity contribution in [2.75, 3.05) is 18.4 Å². The van der Waals surface area contributed by atoms with Gasteiger partial charge in [0.15, 0.2) is 5.11 Å². The number of rotatable bonds is 9. The van der Waals surface area contributed by atoms with Crippen molar-refractivity contribution in [2.45, 2.75) is 4.90 Å². The van der Waals surface area contributed by atoms with Gasteiger partial charge in [-0.3, -0.25) is 10.1 Å². The van der Waals surface area contributed by atoms with Gasteiger partial charge in [0, 0.05) is 29.7 Å². The first-order valence-corrected chi connectivity index (χ1v) is 11.2. The molecular formula is C20H21N3O3S3. The summed E-state index contributed by atoms with van der Waals surface area (Å²) in [6.45, 7) is 7.54. The van der Waals surface area contributed by atoms with Crippen molar-refractivity contribution >= 4 is 56.4 Å². The van der Waals surface area contributed by atoms with Gasteiger partial charge in [-0.05, 0) is 54.0 Å². The van der Waals surface area contributed by atoms with Crippen LogP contribution in [0.2, 0.25) is 0 Å². The summed E-state index contributed by atoms with van der Waals surface area (Å²) in [6, 6.07) is 9.88. The molecule has 0 aliphatic heterocycles. The summed E-state index contributed by atoms with van der Waals surface area (Å²) in [6.07, 6.45) is 6.12. The van der Waals surface area contributed by atoms with Crippen molar-refractivity contribution in [1.29, 1.82) is 0 Å². The Kier molecular flexibility index (Phi) is 8.47. The monoisotopic (exact) mass is 447 g/mol. The molecule has 0 saturated heterocycles. The van der Waals surface area contributed by atoms with Crippen molar-refractivity contribution in [1.82, 2.24) is 9.62 Å². The highest BCUT2D eigenvalue weighted by Gasteiger charge is 2.22. The molecule has 2 rings (SSSR count). The number of thiocarbonyl (C=S) groups is 1. The highest BCUT2D eigenvalue weighted by Crippen LogP contribution is 2.18. The van der Waals surface area contributed by atoms with E-state index in [0.717, 1.165) is 4.88 Å². The van der Waals surface area contributed by atoms with Crippen LogP contribution in [0.1, 0.15) is 4.88 Å². The third kappa shape index (κ3) is 6.75. The molecule has 0 aliphatic carbocycles. The second kappa shape index (κ2) is 10.8. The number of sulfonamides is 1. The second-order valence-electron chi connectivity index (χ2n) is 5.72. The fraction of sp³-hybridized carbons (Fsp3) is 0.100. The van der Waals surface area contributed by atoms with Crippen molar-refractivity contribution in [3.63, 3.8) is 0 Å². The molecule has 9 heteroatoms. The van der Waals surface area contributed by atoms with Gasteiger partial charge in [-0.25, -0.2) is 8.42 Å². The Morgan fingerprint density at radius 1 is 1.14 bits per heavy atom. The van der Waals surface area contributed by atoms with Gasteiger partial charge in [0.25, 0.3) is 0 Å². The molecular weight excluding hydrogens is 426 g/mol. The van der Waals surface area contributed by atoms with Crippen LogP contribution >= 0.6 is 23.6 Å². The lowest BCUT2D eigenvalue weighted by Gasteiger charge is -2.19. The van der Waals surface area contributed by atoms with Crippen LogP contribution in [0.25, 0.3) is 6.08 Å². The third-order valence-electron chi connectivity index (χ3n) is 3.59. The standard InChI is InChI=1S/C20H21N3O3S3/c1-3-13-23(14-4-2)29(25,26)18-10-7-16(8-11-18)21-20(27)22-19(24)12-9-17-6-5-15-28-17/h3-12,15H,1-2,13-14H2,(H2,21,22,24,27)/b12-9-. The highest BCUT2D eigenvalue weighted by molar-refractivity contribution is 7.89. The summed E-state index contributed by atoms with van der Waals surface area (Å²) >= 11 is 6.64.